The Balaban J connectivity index is 2.34. The lowest BCUT2D eigenvalue weighted by molar-refractivity contribution is -0.0750. The zero-order chi connectivity index (χ0) is 14.8. The molecule has 1 aromatic carbocycles. The summed E-state index contributed by atoms with van der Waals surface area (Å²) in [5.74, 6) is 0.312. The number of benzene rings is 1. The fourth-order valence-corrected chi connectivity index (χ4v) is 3.97. The molecule has 1 fully saturated rings. The van der Waals surface area contributed by atoms with Gasteiger partial charge in [-0.3, -0.25) is 0 Å². The van der Waals surface area contributed by atoms with Crippen LogP contribution in [0.2, 0.25) is 0 Å². The first-order valence-electron chi connectivity index (χ1n) is 6.38. The Morgan fingerprint density at radius 2 is 2.10 bits per heavy atom. The smallest absolute Gasteiger partial charge is 0.246 e. The van der Waals surface area contributed by atoms with Gasteiger partial charge < -0.3 is 14.6 Å². The minimum atomic E-state index is -3.66. The van der Waals surface area contributed by atoms with Gasteiger partial charge in [-0.15, -0.1) is 0 Å². The molecular formula is C13H19NO5S. The third-order valence-corrected chi connectivity index (χ3v) is 5.05. The van der Waals surface area contributed by atoms with Crippen molar-refractivity contribution in [1.29, 1.82) is 0 Å². The van der Waals surface area contributed by atoms with Gasteiger partial charge in [-0.25, -0.2) is 8.42 Å². The van der Waals surface area contributed by atoms with Gasteiger partial charge in [0.15, 0.2) is 0 Å². The number of para-hydroxylation sites is 1. The highest BCUT2D eigenvalue weighted by molar-refractivity contribution is 7.89. The van der Waals surface area contributed by atoms with E-state index in [0.717, 1.165) is 0 Å². The van der Waals surface area contributed by atoms with Gasteiger partial charge >= 0.3 is 0 Å². The number of ether oxygens (including phenoxy) is 2. The van der Waals surface area contributed by atoms with Crippen molar-refractivity contribution >= 4 is 10.0 Å². The van der Waals surface area contributed by atoms with Crippen LogP contribution in [0.25, 0.3) is 0 Å². The van der Waals surface area contributed by atoms with Gasteiger partial charge in [0.2, 0.25) is 10.0 Å². The number of rotatable bonds is 4. The van der Waals surface area contributed by atoms with E-state index in [1.165, 1.54) is 17.5 Å². The summed E-state index contributed by atoms with van der Waals surface area (Å²) < 4.78 is 37.3. The number of methoxy groups -OCH3 is 1. The molecule has 2 rings (SSSR count). The van der Waals surface area contributed by atoms with Gasteiger partial charge in [0.25, 0.3) is 0 Å². The van der Waals surface area contributed by atoms with Crippen LogP contribution in [-0.4, -0.2) is 56.8 Å². The van der Waals surface area contributed by atoms with Crippen LogP contribution in [0.15, 0.2) is 29.2 Å². The van der Waals surface area contributed by atoms with Crippen molar-refractivity contribution < 1.29 is 23.0 Å². The fourth-order valence-electron chi connectivity index (χ4n) is 2.27. The molecule has 1 N–H and O–H groups in total. The number of sulfonamides is 1. The van der Waals surface area contributed by atoms with Gasteiger partial charge in [0.05, 0.1) is 25.9 Å². The minimum Gasteiger partial charge on any atom is -0.495 e. The van der Waals surface area contributed by atoms with Gasteiger partial charge in [-0.05, 0) is 19.1 Å². The van der Waals surface area contributed by atoms with Crippen molar-refractivity contribution in [2.75, 3.05) is 26.8 Å². The lowest BCUT2D eigenvalue weighted by atomic mass is 10.2. The monoisotopic (exact) mass is 301 g/mol. The van der Waals surface area contributed by atoms with E-state index in [1.807, 2.05) is 0 Å². The zero-order valence-corrected chi connectivity index (χ0v) is 12.3. The van der Waals surface area contributed by atoms with E-state index in [-0.39, 0.29) is 30.7 Å². The van der Waals surface area contributed by atoms with E-state index in [0.29, 0.717) is 5.75 Å². The van der Waals surface area contributed by atoms with Crippen molar-refractivity contribution in [3.05, 3.63) is 24.3 Å². The maximum absolute atomic E-state index is 12.7. The largest absolute Gasteiger partial charge is 0.495 e. The predicted octanol–water partition coefficient (Wildman–Crippen LogP) is 0.466. The Morgan fingerprint density at radius 3 is 2.75 bits per heavy atom. The van der Waals surface area contributed by atoms with Crippen LogP contribution in [0, 0.1) is 0 Å². The van der Waals surface area contributed by atoms with Crippen LogP contribution >= 0.6 is 0 Å². The summed E-state index contributed by atoms with van der Waals surface area (Å²) >= 11 is 0. The number of nitrogens with zero attached hydrogens (tertiary/aromatic N) is 1. The SMILES string of the molecule is COc1ccccc1S(=O)(=O)N1CC(C)OC(CO)C1. The molecule has 7 heteroatoms. The van der Waals surface area contributed by atoms with Gasteiger partial charge in [-0.2, -0.15) is 4.31 Å². The van der Waals surface area contributed by atoms with Crippen LogP contribution in [0.5, 0.6) is 5.75 Å². The molecule has 1 aliphatic rings. The summed E-state index contributed by atoms with van der Waals surface area (Å²) in [5, 5.41) is 9.19. The summed E-state index contributed by atoms with van der Waals surface area (Å²) in [5.41, 5.74) is 0. The predicted molar refractivity (Wildman–Crippen MR) is 73.2 cm³/mol. The Hall–Kier alpha value is -1.15. The first-order valence-corrected chi connectivity index (χ1v) is 7.82. The summed E-state index contributed by atoms with van der Waals surface area (Å²) in [4.78, 5) is 0.133. The number of morpholine rings is 1. The van der Waals surface area contributed by atoms with E-state index in [4.69, 9.17) is 9.47 Å². The zero-order valence-electron chi connectivity index (χ0n) is 11.5. The quantitative estimate of drug-likeness (QED) is 0.874. The van der Waals surface area contributed by atoms with E-state index in [9.17, 15) is 13.5 Å². The second-order valence-corrected chi connectivity index (χ2v) is 6.63. The summed E-state index contributed by atoms with van der Waals surface area (Å²) in [6.07, 6.45) is -0.756. The van der Waals surface area contributed by atoms with Gasteiger partial charge in [-0.1, -0.05) is 12.1 Å². The maximum atomic E-state index is 12.7. The number of aliphatic hydroxyl groups excluding tert-OH is 1. The minimum absolute atomic E-state index is 0.133. The molecule has 6 nitrogen and oxygen atoms in total. The van der Waals surface area contributed by atoms with Crippen LogP contribution in [0.4, 0.5) is 0 Å². The molecule has 2 atom stereocenters. The van der Waals surface area contributed by atoms with E-state index < -0.39 is 16.1 Å². The molecule has 1 heterocycles. The average Bonchev–Trinajstić information content (AvgIpc) is 2.46. The molecule has 0 aliphatic carbocycles. The van der Waals surface area contributed by atoms with E-state index in [2.05, 4.69) is 0 Å². The Labute approximate surface area is 119 Å². The van der Waals surface area contributed by atoms with Crippen molar-refractivity contribution in [2.45, 2.75) is 24.0 Å². The Morgan fingerprint density at radius 1 is 1.40 bits per heavy atom. The lowest BCUT2D eigenvalue weighted by Crippen LogP contribution is -2.50. The number of hydrogen-bond acceptors (Lipinski definition) is 5. The summed E-state index contributed by atoms with van der Waals surface area (Å²) in [6.45, 7) is 1.98. The first-order chi connectivity index (χ1) is 9.48. The molecular weight excluding hydrogens is 282 g/mol. The molecule has 1 aromatic rings. The summed E-state index contributed by atoms with van der Waals surface area (Å²) in [7, 11) is -2.23. The first kappa shape index (κ1) is 15.2. The molecule has 112 valence electrons. The molecule has 0 amide bonds. The van der Waals surface area contributed by atoms with Crippen LogP contribution in [0.3, 0.4) is 0 Å². The molecule has 1 saturated heterocycles. The number of hydrogen-bond donors (Lipinski definition) is 1. The standard InChI is InChI=1S/C13H19NO5S/c1-10-7-14(8-11(9-15)19-10)20(16,17)13-6-4-3-5-12(13)18-2/h3-6,10-11,15H,7-9H2,1-2H3. The number of aliphatic hydroxyl groups is 1. The van der Waals surface area contributed by atoms with Gasteiger partial charge in [0, 0.05) is 13.1 Å². The van der Waals surface area contributed by atoms with Crippen molar-refractivity contribution in [1.82, 2.24) is 4.31 Å². The Kier molecular flexibility index (Phi) is 4.64. The topological polar surface area (TPSA) is 76.1 Å². The molecule has 2 unspecified atom stereocenters. The molecule has 0 aromatic heterocycles. The van der Waals surface area contributed by atoms with Crippen molar-refractivity contribution in [3.63, 3.8) is 0 Å². The molecule has 20 heavy (non-hydrogen) atoms. The second-order valence-electron chi connectivity index (χ2n) is 4.72. The van der Waals surface area contributed by atoms with Crippen LogP contribution < -0.4 is 4.74 Å². The highest BCUT2D eigenvalue weighted by Gasteiger charge is 2.34. The molecule has 0 radical (unpaired) electrons. The Bertz CT molecular complexity index is 560. The highest BCUT2D eigenvalue weighted by Crippen LogP contribution is 2.28. The van der Waals surface area contributed by atoms with E-state index in [1.54, 1.807) is 25.1 Å². The normalized spacial score (nSPS) is 24.6. The molecule has 0 bridgehead atoms. The molecule has 0 spiro atoms. The second kappa shape index (κ2) is 6.09. The van der Waals surface area contributed by atoms with Gasteiger partial charge in [0.1, 0.15) is 10.6 Å². The van der Waals surface area contributed by atoms with Crippen LogP contribution in [-0.2, 0) is 14.8 Å². The molecule has 0 saturated carbocycles. The van der Waals surface area contributed by atoms with Crippen molar-refractivity contribution in [3.8, 4) is 5.75 Å². The van der Waals surface area contributed by atoms with E-state index >= 15 is 0 Å². The lowest BCUT2D eigenvalue weighted by Gasteiger charge is -2.35. The average molecular weight is 301 g/mol. The van der Waals surface area contributed by atoms with Crippen LogP contribution in [0.1, 0.15) is 6.92 Å². The third kappa shape index (κ3) is 2.95. The highest BCUT2D eigenvalue weighted by atomic mass is 32.2. The molecule has 1 aliphatic heterocycles. The summed E-state index contributed by atoms with van der Waals surface area (Å²) in [6, 6.07) is 6.50. The third-order valence-electron chi connectivity index (χ3n) is 3.18. The fraction of sp³-hybridized carbons (Fsp3) is 0.538. The maximum Gasteiger partial charge on any atom is 0.246 e. The van der Waals surface area contributed by atoms with Crippen molar-refractivity contribution in [2.24, 2.45) is 0 Å².